The van der Waals surface area contributed by atoms with Crippen LogP contribution in [0.2, 0.25) is 0 Å². The fraction of sp³-hybridized carbons (Fsp3) is 0.636. The van der Waals surface area contributed by atoms with Gasteiger partial charge in [-0.1, -0.05) is 0 Å². The number of nitrogens with zero attached hydrogens (tertiary/aromatic N) is 1. The van der Waals surface area contributed by atoms with Crippen molar-refractivity contribution in [2.24, 2.45) is 11.7 Å². The van der Waals surface area contributed by atoms with E-state index < -0.39 is 10.2 Å². The lowest BCUT2D eigenvalue weighted by Gasteiger charge is -2.31. The summed E-state index contributed by atoms with van der Waals surface area (Å²) in [5, 5.41) is 1.94. The molecule has 1 saturated heterocycles. The normalized spacial score (nSPS) is 21.7. The Kier molecular flexibility index (Phi) is 5.38. The molecule has 0 aliphatic carbocycles. The molecule has 1 fully saturated rings. The Labute approximate surface area is 126 Å². The molecule has 1 aliphatic heterocycles. The van der Waals surface area contributed by atoms with Crippen LogP contribution in [0, 0.1) is 5.92 Å². The zero-order valence-corrected chi connectivity index (χ0v) is 13.7. The lowest BCUT2D eigenvalue weighted by Crippen LogP contribution is -2.46. The quantitative estimate of drug-likeness (QED) is 0.828. The van der Waals surface area contributed by atoms with Crippen molar-refractivity contribution in [3.05, 3.63) is 20.8 Å². The molecule has 0 aromatic carbocycles. The minimum Gasteiger partial charge on any atom is -0.330 e. The number of rotatable bonds is 5. The maximum atomic E-state index is 12.2. The number of hydrogen-bond donors (Lipinski definition) is 2. The highest BCUT2D eigenvalue weighted by Crippen LogP contribution is 2.21. The highest BCUT2D eigenvalue weighted by atomic mass is 79.9. The summed E-state index contributed by atoms with van der Waals surface area (Å²) in [5.74, 6) is 0.279. The molecule has 0 bridgehead atoms. The van der Waals surface area contributed by atoms with E-state index in [-0.39, 0.29) is 5.92 Å². The Balaban J connectivity index is 1.94. The molecule has 1 unspecified atom stereocenters. The third-order valence-corrected chi connectivity index (χ3v) is 6.42. The van der Waals surface area contributed by atoms with Gasteiger partial charge in [0.1, 0.15) is 0 Å². The number of halogens is 1. The Morgan fingerprint density at radius 1 is 1.58 bits per heavy atom. The third kappa shape index (κ3) is 4.24. The minimum absolute atomic E-state index is 0.279. The first kappa shape index (κ1) is 15.4. The van der Waals surface area contributed by atoms with Crippen molar-refractivity contribution >= 4 is 37.5 Å². The largest absolute Gasteiger partial charge is 0.330 e. The van der Waals surface area contributed by atoms with Gasteiger partial charge in [-0.3, -0.25) is 0 Å². The molecular weight excluding hydrogens is 350 g/mol. The van der Waals surface area contributed by atoms with Gasteiger partial charge in [0, 0.05) is 34.4 Å². The summed E-state index contributed by atoms with van der Waals surface area (Å²) < 4.78 is 29.5. The first-order valence-corrected chi connectivity index (χ1v) is 9.30. The van der Waals surface area contributed by atoms with Crippen LogP contribution in [0.15, 0.2) is 15.9 Å². The number of thiophene rings is 1. The van der Waals surface area contributed by atoms with Crippen LogP contribution >= 0.6 is 27.3 Å². The Hall–Kier alpha value is 0.01000. The number of piperidine rings is 1. The van der Waals surface area contributed by atoms with Crippen molar-refractivity contribution in [1.82, 2.24) is 9.03 Å². The second-order valence-corrected chi connectivity index (χ2v) is 8.33. The number of nitrogens with two attached hydrogens (primary N) is 1. The van der Waals surface area contributed by atoms with Crippen molar-refractivity contribution in [1.29, 1.82) is 0 Å². The molecule has 1 aromatic heterocycles. The average molecular weight is 368 g/mol. The molecule has 1 aromatic rings. The second-order valence-electron chi connectivity index (χ2n) is 4.66. The van der Waals surface area contributed by atoms with Gasteiger partial charge < -0.3 is 5.73 Å². The fourth-order valence-electron chi connectivity index (χ4n) is 2.14. The fourth-order valence-corrected chi connectivity index (χ4v) is 4.92. The molecule has 0 spiro atoms. The van der Waals surface area contributed by atoms with E-state index >= 15 is 0 Å². The minimum atomic E-state index is -3.40. The first-order chi connectivity index (χ1) is 9.01. The standard InChI is InChI=1S/C11H18BrN3O2S2/c12-10-4-11(18-8-10)6-14-19(16,17)15-3-1-2-9(5-13)7-15/h4,8-9,14H,1-3,5-7,13H2. The molecule has 1 aliphatic rings. The molecular formula is C11H18BrN3O2S2. The van der Waals surface area contributed by atoms with Crippen LogP contribution < -0.4 is 10.5 Å². The van der Waals surface area contributed by atoms with Crippen molar-refractivity contribution in [2.45, 2.75) is 19.4 Å². The number of hydrogen-bond acceptors (Lipinski definition) is 4. The van der Waals surface area contributed by atoms with Crippen LogP contribution in [0.1, 0.15) is 17.7 Å². The molecule has 108 valence electrons. The second kappa shape index (κ2) is 6.64. The molecule has 1 atom stereocenters. The van der Waals surface area contributed by atoms with Crippen molar-refractivity contribution in [2.75, 3.05) is 19.6 Å². The SMILES string of the molecule is NCC1CCCN(S(=O)(=O)NCc2cc(Br)cs2)C1. The summed E-state index contributed by atoms with van der Waals surface area (Å²) in [4.78, 5) is 0.989. The van der Waals surface area contributed by atoms with Crippen molar-refractivity contribution in [3.63, 3.8) is 0 Å². The van der Waals surface area contributed by atoms with E-state index in [4.69, 9.17) is 5.73 Å². The lowest BCUT2D eigenvalue weighted by atomic mass is 10.0. The van der Waals surface area contributed by atoms with Gasteiger partial charge in [0.15, 0.2) is 0 Å². The predicted molar refractivity (Wildman–Crippen MR) is 81.1 cm³/mol. The summed E-state index contributed by atoms with van der Waals surface area (Å²) in [6.45, 7) is 1.99. The monoisotopic (exact) mass is 367 g/mol. The van der Waals surface area contributed by atoms with Crippen molar-refractivity contribution < 1.29 is 8.42 Å². The van der Waals surface area contributed by atoms with Crippen LogP contribution in [0.5, 0.6) is 0 Å². The van der Waals surface area contributed by atoms with E-state index in [0.717, 1.165) is 22.2 Å². The van der Waals surface area contributed by atoms with Gasteiger partial charge >= 0.3 is 0 Å². The molecule has 5 nitrogen and oxygen atoms in total. The highest BCUT2D eigenvalue weighted by Gasteiger charge is 2.27. The lowest BCUT2D eigenvalue weighted by molar-refractivity contribution is 0.268. The zero-order chi connectivity index (χ0) is 13.9. The Morgan fingerprint density at radius 3 is 3.00 bits per heavy atom. The summed E-state index contributed by atoms with van der Waals surface area (Å²) in [7, 11) is -3.40. The molecule has 0 saturated carbocycles. The molecule has 0 amide bonds. The van der Waals surface area contributed by atoms with Gasteiger partial charge in [0.2, 0.25) is 0 Å². The zero-order valence-electron chi connectivity index (χ0n) is 10.5. The topological polar surface area (TPSA) is 75.4 Å². The van der Waals surface area contributed by atoms with Gasteiger partial charge in [0.05, 0.1) is 0 Å². The van der Waals surface area contributed by atoms with Crippen LogP contribution in [-0.4, -0.2) is 32.4 Å². The molecule has 2 heterocycles. The molecule has 2 rings (SSSR count). The smallest absolute Gasteiger partial charge is 0.279 e. The van der Waals surface area contributed by atoms with Gasteiger partial charge in [-0.2, -0.15) is 17.4 Å². The van der Waals surface area contributed by atoms with E-state index in [1.54, 1.807) is 0 Å². The summed E-state index contributed by atoms with van der Waals surface area (Å²) in [5.41, 5.74) is 5.63. The van der Waals surface area contributed by atoms with E-state index in [2.05, 4.69) is 20.7 Å². The Bertz CT molecular complexity index is 518. The van der Waals surface area contributed by atoms with Crippen LogP contribution in [0.4, 0.5) is 0 Å². The van der Waals surface area contributed by atoms with Gasteiger partial charge in [-0.25, -0.2) is 0 Å². The predicted octanol–water partition coefficient (Wildman–Crippen LogP) is 1.52. The van der Waals surface area contributed by atoms with Crippen LogP contribution in [0.25, 0.3) is 0 Å². The molecule has 3 N–H and O–H groups in total. The summed E-state index contributed by atoms with van der Waals surface area (Å²) in [6.07, 6.45) is 1.90. The maximum Gasteiger partial charge on any atom is 0.279 e. The molecule has 0 radical (unpaired) electrons. The molecule has 19 heavy (non-hydrogen) atoms. The number of nitrogens with one attached hydrogen (secondary N) is 1. The van der Waals surface area contributed by atoms with E-state index in [1.807, 2.05) is 11.4 Å². The van der Waals surface area contributed by atoms with E-state index in [0.29, 0.717) is 26.2 Å². The van der Waals surface area contributed by atoms with Gasteiger partial charge in [0.25, 0.3) is 10.2 Å². The average Bonchev–Trinajstić information content (AvgIpc) is 2.82. The van der Waals surface area contributed by atoms with Crippen molar-refractivity contribution in [3.8, 4) is 0 Å². The van der Waals surface area contributed by atoms with E-state index in [1.165, 1.54) is 15.6 Å². The van der Waals surface area contributed by atoms with Crippen LogP contribution in [-0.2, 0) is 16.8 Å². The maximum absolute atomic E-state index is 12.2. The molecule has 8 heteroatoms. The first-order valence-electron chi connectivity index (χ1n) is 6.19. The van der Waals surface area contributed by atoms with E-state index in [9.17, 15) is 8.42 Å². The summed E-state index contributed by atoms with van der Waals surface area (Å²) in [6, 6.07) is 1.92. The Morgan fingerprint density at radius 2 is 2.37 bits per heavy atom. The highest BCUT2D eigenvalue weighted by molar-refractivity contribution is 9.10. The van der Waals surface area contributed by atoms with Gasteiger partial charge in [-0.15, -0.1) is 11.3 Å². The summed E-state index contributed by atoms with van der Waals surface area (Å²) >= 11 is 4.88. The third-order valence-electron chi connectivity index (χ3n) is 3.21. The van der Waals surface area contributed by atoms with Crippen LogP contribution in [0.3, 0.4) is 0 Å². The van der Waals surface area contributed by atoms with Gasteiger partial charge in [-0.05, 0) is 47.3 Å².